The number of piperazine rings is 1. The van der Waals surface area contributed by atoms with Crippen molar-refractivity contribution in [2.75, 3.05) is 41.7 Å². The number of aryl methyl sites for hydroxylation is 1. The molecule has 1 aliphatic heterocycles. The van der Waals surface area contributed by atoms with Gasteiger partial charge in [-0.05, 0) is 39.3 Å². The van der Waals surface area contributed by atoms with Gasteiger partial charge >= 0.3 is 0 Å². The van der Waals surface area contributed by atoms with Gasteiger partial charge in [0, 0.05) is 43.5 Å². The minimum absolute atomic E-state index is 0.0422. The minimum Gasteiger partial charge on any atom is -0.368 e. The molecule has 1 amide bonds. The maximum Gasteiger partial charge on any atom is 0.230 e. The molecule has 6 nitrogen and oxygen atoms in total. The van der Waals surface area contributed by atoms with Gasteiger partial charge in [0.15, 0.2) is 5.16 Å². The van der Waals surface area contributed by atoms with Gasteiger partial charge in [-0.15, -0.1) is 0 Å². The monoisotopic (exact) mass is 433 g/mol. The summed E-state index contributed by atoms with van der Waals surface area (Å²) >= 11 is 7.54. The third kappa shape index (κ3) is 6.24. The Morgan fingerprint density at radius 1 is 1.14 bits per heavy atom. The zero-order chi connectivity index (χ0) is 21.0. The van der Waals surface area contributed by atoms with Gasteiger partial charge in [0.1, 0.15) is 11.0 Å². The number of rotatable bonds is 5. The largest absolute Gasteiger partial charge is 0.368 e. The molecule has 8 heteroatoms. The Balaban J connectivity index is 1.62. The molecular weight excluding hydrogens is 406 g/mol. The molecule has 0 atom stereocenters. The SMILES string of the molecule is Cc1ccccc1N1CCN(c2cc(Cl)nc(SCC(=O)NC(C)(C)C)n2)CC1. The Bertz CT molecular complexity index is 862. The first kappa shape index (κ1) is 21.7. The average Bonchev–Trinajstić information content (AvgIpc) is 2.65. The molecule has 2 heterocycles. The fourth-order valence-electron chi connectivity index (χ4n) is 3.29. The van der Waals surface area contributed by atoms with Crippen molar-refractivity contribution in [3.05, 3.63) is 41.0 Å². The van der Waals surface area contributed by atoms with Crippen LogP contribution in [0.5, 0.6) is 0 Å². The van der Waals surface area contributed by atoms with E-state index < -0.39 is 0 Å². The number of amides is 1. The van der Waals surface area contributed by atoms with Crippen LogP contribution < -0.4 is 15.1 Å². The van der Waals surface area contributed by atoms with E-state index >= 15 is 0 Å². The molecule has 0 radical (unpaired) electrons. The van der Waals surface area contributed by atoms with Crippen molar-refractivity contribution < 1.29 is 4.79 Å². The number of thioether (sulfide) groups is 1. The highest BCUT2D eigenvalue weighted by Crippen LogP contribution is 2.25. The standard InChI is InChI=1S/C21H28ClN5OS/c1-15-7-5-6-8-16(15)26-9-11-27(12-10-26)18-13-17(22)23-20(24-18)29-14-19(28)25-21(2,3)4/h5-8,13H,9-12,14H2,1-4H3,(H,25,28). The van der Waals surface area contributed by atoms with Crippen molar-refractivity contribution in [1.29, 1.82) is 0 Å². The highest BCUT2D eigenvalue weighted by molar-refractivity contribution is 7.99. The number of benzene rings is 1. The Labute approximate surface area is 182 Å². The molecule has 29 heavy (non-hydrogen) atoms. The van der Waals surface area contributed by atoms with Crippen LogP contribution in [0.1, 0.15) is 26.3 Å². The van der Waals surface area contributed by atoms with E-state index in [2.05, 4.69) is 56.3 Å². The number of anilines is 2. The van der Waals surface area contributed by atoms with E-state index in [0.29, 0.717) is 10.3 Å². The number of aromatic nitrogens is 2. The summed E-state index contributed by atoms with van der Waals surface area (Å²) in [6.07, 6.45) is 0. The minimum atomic E-state index is -0.255. The second-order valence-electron chi connectivity index (χ2n) is 8.18. The summed E-state index contributed by atoms with van der Waals surface area (Å²) < 4.78 is 0. The van der Waals surface area contributed by atoms with E-state index in [4.69, 9.17) is 11.6 Å². The smallest absolute Gasteiger partial charge is 0.230 e. The summed E-state index contributed by atoms with van der Waals surface area (Å²) in [4.78, 5) is 25.6. The van der Waals surface area contributed by atoms with E-state index in [1.54, 1.807) is 6.07 Å². The number of hydrogen-bond acceptors (Lipinski definition) is 6. The lowest BCUT2D eigenvalue weighted by Crippen LogP contribution is -2.47. The van der Waals surface area contributed by atoms with Crippen LogP contribution in [-0.2, 0) is 4.79 Å². The highest BCUT2D eigenvalue weighted by Gasteiger charge is 2.21. The van der Waals surface area contributed by atoms with Gasteiger partial charge in [-0.25, -0.2) is 9.97 Å². The molecule has 0 spiro atoms. The predicted octanol–water partition coefficient (Wildman–Crippen LogP) is 3.77. The summed E-state index contributed by atoms with van der Waals surface area (Å²) in [5.74, 6) is 1.03. The number of hydrogen-bond donors (Lipinski definition) is 1. The number of nitrogens with one attached hydrogen (secondary N) is 1. The number of para-hydroxylation sites is 1. The van der Waals surface area contributed by atoms with E-state index in [9.17, 15) is 4.79 Å². The lowest BCUT2D eigenvalue weighted by Gasteiger charge is -2.37. The van der Waals surface area contributed by atoms with Gasteiger partial charge in [-0.2, -0.15) is 0 Å². The molecule has 3 rings (SSSR count). The molecule has 0 unspecified atom stereocenters. The number of halogens is 1. The fraction of sp³-hybridized carbons (Fsp3) is 0.476. The first-order valence-electron chi connectivity index (χ1n) is 9.75. The van der Waals surface area contributed by atoms with Crippen molar-refractivity contribution in [1.82, 2.24) is 15.3 Å². The summed E-state index contributed by atoms with van der Waals surface area (Å²) in [5, 5.41) is 3.87. The van der Waals surface area contributed by atoms with Crippen molar-refractivity contribution in [2.45, 2.75) is 38.4 Å². The molecule has 0 saturated carbocycles. The molecular formula is C21H28ClN5OS. The summed E-state index contributed by atoms with van der Waals surface area (Å²) in [6.45, 7) is 11.6. The molecule has 1 saturated heterocycles. The highest BCUT2D eigenvalue weighted by atomic mass is 35.5. The molecule has 1 N–H and O–H groups in total. The maximum absolute atomic E-state index is 12.1. The van der Waals surface area contributed by atoms with E-state index in [-0.39, 0.29) is 17.2 Å². The van der Waals surface area contributed by atoms with Crippen LogP contribution in [0.3, 0.4) is 0 Å². The van der Waals surface area contributed by atoms with Crippen LogP contribution in [0.15, 0.2) is 35.5 Å². The maximum atomic E-state index is 12.1. The zero-order valence-corrected chi connectivity index (χ0v) is 19.0. The quantitative estimate of drug-likeness (QED) is 0.440. The normalized spacial score (nSPS) is 14.8. The van der Waals surface area contributed by atoms with Crippen molar-refractivity contribution in [2.24, 2.45) is 0 Å². The first-order chi connectivity index (χ1) is 13.7. The van der Waals surface area contributed by atoms with Gasteiger partial charge in [0.25, 0.3) is 0 Å². The predicted molar refractivity (Wildman–Crippen MR) is 121 cm³/mol. The number of carbonyl (C=O) groups excluding carboxylic acids is 1. The van der Waals surface area contributed by atoms with Gasteiger partial charge < -0.3 is 15.1 Å². The van der Waals surface area contributed by atoms with Crippen molar-refractivity contribution in [3.63, 3.8) is 0 Å². The molecule has 0 bridgehead atoms. The molecule has 1 fully saturated rings. The van der Waals surface area contributed by atoms with E-state index in [1.165, 1.54) is 23.0 Å². The van der Waals surface area contributed by atoms with Crippen molar-refractivity contribution >= 4 is 40.8 Å². The van der Waals surface area contributed by atoms with Gasteiger partial charge in [-0.3, -0.25) is 4.79 Å². The molecule has 1 aromatic carbocycles. The second-order valence-corrected chi connectivity index (χ2v) is 9.51. The summed E-state index contributed by atoms with van der Waals surface area (Å²) in [5.41, 5.74) is 2.32. The van der Waals surface area contributed by atoms with Crippen LogP contribution in [-0.4, -0.2) is 53.3 Å². The van der Waals surface area contributed by atoms with Crippen LogP contribution in [0.4, 0.5) is 11.5 Å². The number of carbonyl (C=O) groups is 1. The Kier molecular flexibility index (Phi) is 6.90. The average molecular weight is 434 g/mol. The Hall–Kier alpha value is -1.99. The zero-order valence-electron chi connectivity index (χ0n) is 17.4. The van der Waals surface area contributed by atoms with Crippen LogP contribution >= 0.6 is 23.4 Å². The van der Waals surface area contributed by atoms with Crippen molar-refractivity contribution in [3.8, 4) is 0 Å². The topological polar surface area (TPSA) is 61.4 Å². The summed E-state index contributed by atoms with van der Waals surface area (Å²) in [6, 6.07) is 10.3. The third-order valence-electron chi connectivity index (χ3n) is 4.57. The lowest BCUT2D eigenvalue weighted by molar-refractivity contribution is -0.119. The Morgan fingerprint density at radius 2 is 1.79 bits per heavy atom. The third-order valence-corrected chi connectivity index (χ3v) is 5.61. The van der Waals surface area contributed by atoms with E-state index in [0.717, 1.165) is 32.0 Å². The van der Waals surface area contributed by atoms with Gasteiger partial charge in [-0.1, -0.05) is 41.6 Å². The van der Waals surface area contributed by atoms with Crippen LogP contribution in [0.25, 0.3) is 0 Å². The summed E-state index contributed by atoms with van der Waals surface area (Å²) in [7, 11) is 0. The van der Waals surface area contributed by atoms with Crippen LogP contribution in [0, 0.1) is 6.92 Å². The Morgan fingerprint density at radius 3 is 2.45 bits per heavy atom. The number of nitrogens with zero attached hydrogens (tertiary/aromatic N) is 4. The molecule has 1 aliphatic rings. The van der Waals surface area contributed by atoms with E-state index in [1.807, 2.05) is 20.8 Å². The second kappa shape index (κ2) is 9.22. The molecule has 2 aromatic rings. The first-order valence-corrected chi connectivity index (χ1v) is 11.1. The molecule has 156 valence electrons. The fourth-order valence-corrected chi connectivity index (χ4v) is 4.17. The van der Waals surface area contributed by atoms with Gasteiger partial charge in [0.2, 0.25) is 5.91 Å². The van der Waals surface area contributed by atoms with Crippen LogP contribution in [0.2, 0.25) is 5.15 Å². The lowest BCUT2D eigenvalue weighted by atomic mass is 10.1. The molecule has 0 aliphatic carbocycles. The van der Waals surface area contributed by atoms with Gasteiger partial charge in [0.05, 0.1) is 5.75 Å². The molecule has 1 aromatic heterocycles.